The third kappa shape index (κ3) is 4.30. The van der Waals surface area contributed by atoms with Gasteiger partial charge in [-0.25, -0.2) is 0 Å². The quantitative estimate of drug-likeness (QED) is 0.591. The van der Waals surface area contributed by atoms with Crippen molar-refractivity contribution in [1.82, 2.24) is 4.90 Å². The predicted molar refractivity (Wildman–Crippen MR) is 84.3 cm³/mol. The highest BCUT2D eigenvalue weighted by Crippen LogP contribution is 2.37. The molecule has 1 aliphatic heterocycles. The van der Waals surface area contributed by atoms with Crippen LogP contribution in [-0.2, 0) is 14.0 Å². The van der Waals surface area contributed by atoms with Crippen LogP contribution in [0.4, 0.5) is 0 Å². The fourth-order valence-corrected chi connectivity index (χ4v) is 3.33. The molecule has 4 nitrogen and oxygen atoms in total. The molecule has 0 radical (unpaired) electrons. The molecule has 0 aromatic heterocycles. The Morgan fingerprint density at radius 1 is 1.30 bits per heavy atom. The summed E-state index contributed by atoms with van der Waals surface area (Å²) in [6.45, 7) is 12.9. The number of ether oxygens (including phenoxy) is 1. The maximum Gasteiger partial charge on any atom is 0.309 e. The zero-order chi connectivity index (χ0) is 15.6. The molecular formula is C15H31NO3Si. The van der Waals surface area contributed by atoms with Gasteiger partial charge in [-0.3, -0.25) is 4.79 Å². The minimum Gasteiger partial charge on any atom is -0.469 e. The lowest BCUT2D eigenvalue weighted by Crippen LogP contribution is -2.49. The molecule has 1 aliphatic rings. The van der Waals surface area contributed by atoms with Gasteiger partial charge in [0.25, 0.3) is 0 Å². The van der Waals surface area contributed by atoms with Crippen molar-refractivity contribution in [3.63, 3.8) is 0 Å². The van der Waals surface area contributed by atoms with Crippen LogP contribution in [0.1, 0.15) is 33.6 Å². The molecule has 0 spiro atoms. The first-order chi connectivity index (χ1) is 9.08. The maximum absolute atomic E-state index is 11.6. The van der Waals surface area contributed by atoms with E-state index in [0.717, 1.165) is 26.0 Å². The summed E-state index contributed by atoms with van der Waals surface area (Å²) < 4.78 is 11.1. The molecule has 1 saturated heterocycles. The summed E-state index contributed by atoms with van der Waals surface area (Å²) >= 11 is 0. The number of methoxy groups -OCH3 is 1. The lowest BCUT2D eigenvalue weighted by Gasteiger charge is -2.41. The molecule has 0 aromatic rings. The standard InChI is InChI=1S/C15H31NO3Si/c1-15(2,3)20(6,7)19-11-13-9-8-12(10-16(13)4)14(17)18-5/h12-13H,8-11H2,1-7H3/t12-,13+/m0/s1. The molecule has 0 aliphatic carbocycles. The lowest BCUT2D eigenvalue weighted by atomic mass is 9.93. The van der Waals surface area contributed by atoms with Gasteiger partial charge in [-0.1, -0.05) is 20.8 Å². The second-order valence-electron chi connectivity index (χ2n) is 7.46. The number of hydrogen-bond donors (Lipinski definition) is 0. The summed E-state index contributed by atoms with van der Waals surface area (Å²) in [5.74, 6) is -0.0604. The summed E-state index contributed by atoms with van der Waals surface area (Å²) in [6, 6.07) is 0.421. The van der Waals surface area contributed by atoms with E-state index in [4.69, 9.17) is 9.16 Å². The van der Waals surface area contributed by atoms with Gasteiger partial charge in [0, 0.05) is 19.2 Å². The highest BCUT2D eigenvalue weighted by molar-refractivity contribution is 6.74. The Balaban J connectivity index is 2.50. The van der Waals surface area contributed by atoms with Crippen molar-refractivity contribution in [2.24, 2.45) is 5.92 Å². The van der Waals surface area contributed by atoms with Gasteiger partial charge in [0.2, 0.25) is 0 Å². The molecule has 0 unspecified atom stereocenters. The summed E-state index contributed by atoms with van der Waals surface area (Å²) in [5.41, 5.74) is 0. The monoisotopic (exact) mass is 301 g/mol. The first kappa shape index (κ1) is 17.7. The third-order valence-corrected chi connectivity index (χ3v) is 9.46. The Morgan fingerprint density at radius 3 is 2.35 bits per heavy atom. The van der Waals surface area contributed by atoms with Gasteiger partial charge in [-0.05, 0) is 38.0 Å². The predicted octanol–water partition coefficient (Wildman–Crippen LogP) is 2.89. The fourth-order valence-electron chi connectivity index (χ4n) is 2.29. The van der Waals surface area contributed by atoms with Gasteiger partial charge < -0.3 is 14.1 Å². The van der Waals surface area contributed by atoms with Crippen LogP contribution < -0.4 is 0 Å². The molecule has 0 bridgehead atoms. The average Bonchev–Trinajstić information content (AvgIpc) is 2.35. The van der Waals surface area contributed by atoms with Crippen molar-refractivity contribution in [3.05, 3.63) is 0 Å². The minimum absolute atomic E-state index is 0.0223. The SMILES string of the molecule is COC(=O)[C@H]1CC[C@H](CO[Si](C)(C)C(C)(C)C)N(C)C1. The van der Waals surface area contributed by atoms with E-state index in [1.165, 1.54) is 7.11 Å². The van der Waals surface area contributed by atoms with Gasteiger partial charge in [0.05, 0.1) is 13.0 Å². The van der Waals surface area contributed by atoms with E-state index in [0.29, 0.717) is 6.04 Å². The van der Waals surface area contributed by atoms with E-state index >= 15 is 0 Å². The van der Waals surface area contributed by atoms with E-state index in [2.05, 4.69) is 45.8 Å². The fraction of sp³-hybridized carbons (Fsp3) is 0.933. The van der Waals surface area contributed by atoms with Crippen LogP contribution in [0.3, 0.4) is 0 Å². The number of rotatable bonds is 4. The number of hydrogen-bond acceptors (Lipinski definition) is 4. The molecule has 5 heteroatoms. The topological polar surface area (TPSA) is 38.8 Å². The van der Waals surface area contributed by atoms with E-state index in [-0.39, 0.29) is 16.9 Å². The van der Waals surface area contributed by atoms with Crippen molar-refractivity contribution in [2.75, 3.05) is 27.3 Å². The molecule has 0 amide bonds. The number of carbonyl (C=O) groups excluding carboxylic acids is 1. The van der Waals surface area contributed by atoms with Crippen LogP contribution in [0.25, 0.3) is 0 Å². The first-order valence-electron chi connectivity index (χ1n) is 7.50. The second kappa shape index (κ2) is 6.58. The van der Waals surface area contributed by atoms with Gasteiger partial charge >= 0.3 is 5.97 Å². The number of esters is 1. The summed E-state index contributed by atoms with van der Waals surface area (Å²) in [4.78, 5) is 13.8. The Morgan fingerprint density at radius 2 is 1.90 bits per heavy atom. The van der Waals surface area contributed by atoms with Gasteiger partial charge in [-0.2, -0.15) is 0 Å². The molecular weight excluding hydrogens is 270 g/mol. The number of nitrogens with zero attached hydrogens (tertiary/aromatic N) is 1. The zero-order valence-electron chi connectivity index (χ0n) is 14.2. The molecule has 1 fully saturated rings. The Hall–Kier alpha value is -0.393. The van der Waals surface area contributed by atoms with E-state index in [1.807, 2.05) is 0 Å². The molecule has 118 valence electrons. The summed E-state index contributed by atoms with van der Waals surface area (Å²) in [7, 11) is 1.86. The number of carbonyl (C=O) groups is 1. The van der Waals surface area contributed by atoms with Crippen LogP contribution >= 0.6 is 0 Å². The third-order valence-electron chi connectivity index (χ3n) is 4.96. The number of likely N-dealkylation sites (N-methyl/N-ethyl adjacent to an activating group) is 1. The van der Waals surface area contributed by atoms with Crippen LogP contribution in [-0.4, -0.2) is 52.5 Å². The zero-order valence-corrected chi connectivity index (χ0v) is 15.2. The first-order valence-corrected chi connectivity index (χ1v) is 10.4. The molecule has 1 heterocycles. The number of likely N-dealkylation sites (tertiary alicyclic amines) is 1. The van der Waals surface area contributed by atoms with Crippen LogP contribution in [0.5, 0.6) is 0 Å². The van der Waals surface area contributed by atoms with Crippen LogP contribution in [0, 0.1) is 5.92 Å². The molecule has 20 heavy (non-hydrogen) atoms. The van der Waals surface area contributed by atoms with Crippen molar-refractivity contribution in [1.29, 1.82) is 0 Å². The van der Waals surface area contributed by atoms with Crippen molar-refractivity contribution >= 4 is 14.3 Å². The normalized spacial score (nSPS) is 25.6. The summed E-state index contributed by atoms with van der Waals surface area (Å²) in [5, 5.41) is 0.245. The van der Waals surface area contributed by atoms with Gasteiger partial charge in [0.15, 0.2) is 8.32 Å². The molecule has 0 aromatic carbocycles. The van der Waals surface area contributed by atoms with Gasteiger partial charge in [0.1, 0.15) is 0 Å². The van der Waals surface area contributed by atoms with Crippen LogP contribution in [0.15, 0.2) is 0 Å². The largest absolute Gasteiger partial charge is 0.469 e. The van der Waals surface area contributed by atoms with E-state index < -0.39 is 8.32 Å². The Bertz CT molecular complexity index is 339. The highest BCUT2D eigenvalue weighted by atomic mass is 28.4. The second-order valence-corrected chi connectivity index (χ2v) is 12.3. The molecule has 0 N–H and O–H groups in total. The lowest BCUT2D eigenvalue weighted by molar-refractivity contribution is -0.147. The molecule has 2 atom stereocenters. The number of piperidine rings is 1. The molecule has 0 saturated carbocycles. The smallest absolute Gasteiger partial charge is 0.309 e. The maximum atomic E-state index is 11.6. The van der Waals surface area contributed by atoms with Crippen molar-refractivity contribution < 1.29 is 14.0 Å². The van der Waals surface area contributed by atoms with E-state index in [1.54, 1.807) is 0 Å². The minimum atomic E-state index is -1.68. The molecule has 1 rings (SSSR count). The Kier molecular flexibility index (Phi) is 5.81. The van der Waals surface area contributed by atoms with Crippen molar-refractivity contribution in [2.45, 2.75) is 57.8 Å². The van der Waals surface area contributed by atoms with Crippen molar-refractivity contribution in [3.8, 4) is 0 Å². The summed E-state index contributed by atoms with van der Waals surface area (Å²) in [6.07, 6.45) is 1.91. The highest BCUT2D eigenvalue weighted by Gasteiger charge is 2.38. The average molecular weight is 302 g/mol. The van der Waals surface area contributed by atoms with Crippen LogP contribution in [0.2, 0.25) is 18.1 Å². The Labute approximate surface area is 124 Å². The van der Waals surface area contributed by atoms with Gasteiger partial charge in [-0.15, -0.1) is 0 Å². The van der Waals surface area contributed by atoms with E-state index in [9.17, 15) is 4.79 Å².